The highest BCUT2D eigenvalue weighted by Gasteiger charge is 2.07. The lowest BCUT2D eigenvalue weighted by molar-refractivity contribution is -0.146. The molecule has 4 heteroatoms. The molecule has 0 spiro atoms. The Morgan fingerprint density at radius 2 is 2.27 bits per heavy atom. The molecule has 0 radical (unpaired) electrons. The van der Waals surface area contributed by atoms with Crippen LogP contribution in [0.15, 0.2) is 0 Å². The van der Waals surface area contributed by atoms with Crippen molar-refractivity contribution in [1.29, 1.82) is 0 Å². The standard InChI is InChI=1S/C7H12O4/c1-3-10-7(4-8)5-11-6(2)9/h4,7H,3,5H2,1-2H3. The normalized spacial score (nSPS) is 12.2. The first-order chi connectivity index (χ1) is 5.20. The molecule has 0 aromatic rings. The molecule has 1 unspecified atom stereocenters. The Hall–Kier alpha value is -0.900. The fourth-order valence-corrected chi connectivity index (χ4v) is 0.540. The zero-order valence-corrected chi connectivity index (χ0v) is 6.70. The van der Waals surface area contributed by atoms with Gasteiger partial charge in [-0.3, -0.25) is 4.79 Å². The van der Waals surface area contributed by atoms with Crippen molar-refractivity contribution in [2.75, 3.05) is 13.2 Å². The van der Waals surface area contributed by atoms with E-state index in [1.165, 1.54) is 6.92 Å². The van der Waals surface area contributed by atoms with Crippen molar-refractivity contribution in [3.05, 3.63) is 0 Å². The number of carbonyl (C=O) groups excluding carboxylic acids is 2. The second-order valence-corrected chi connectivity index (χ2v) is 1.93. The second kappa shape index (κ2) is 5.85. The van der Waals surface area contributed by atoms with Gasteiger partial charge in [-0.25, -0.2) is 0 Å². The second-order valence-electron chi connectivity index (χ2n) is 1.93. The molecule has 64 valence electrons. The number of aldehydes is 1. The lowest BCUT2D eigenvalue weighted by Crippen LogP contribution is -2.22. The Balaban J connectivity index is 3.51. The molecule has 0 amide bonds. The Morgan fingerprint density at radius 3 is 2.64 bits per heavy atom. The fourth-order valence-electron chi connectivity index (χ4n) is 0.540. The largest absolute Gasteiger partial charge is 0.463 e. The Kier molecular flexibility index (Phi) is 5.37. The van der Waals surface area contributed by atoms with Gasteiger partial charge in [0.1, 0.15) is 12.7 Å². The zero-order valence-electron chi connectivity index (χ0n) is 6.70. The molecule has 0 heterocycles. The number of hydrogen-bond donors (Lipinski definition) is 0. The zero-order chi connectivity index (χ0) is 8.69. The van der Waals surface area contributed by atoms with Crippen LogP contribution in [0.25, 0.3) is 0 Å². The quantitative estimate of drug-likeness (QED) is 0.424. The molecule has 0 fully saturated rings. The van der Waals surface area contributed by atoms with Gasteiger partial charge >= 0.3 is 5.97 Å². The van der Waals surface area contributed by atoms with Crippen molar-refractivity contribution in [2.45, 2.75) is 20.0 Å². The van der Waals surface area contributed by atoms with E-state index >= 15 is 0 Å². The summed E-state index contributed by atoms with van der Waals surface area (Å²) in [6.07, 6.45) is -0.00389. The van der Waals surface area contributed by atoms with Gasteiger partial charge in [0.05, 0.1) is 0 Å². The number of esters is 1. The van der Waals surface area contributed by atoms with E-state index in [9.17, 15) is 9.59 Å². The SMILES string of the molecule is CCOC(C=O)COC(C)=O. The number of carbonyl (C=O) groups is 2. The monoisotopic (exact) mass is 160 g/mol. The summed E-state index contributed by atoms with van der Waals surface area (Å²) in [7, 11) is 0. The third-order valence-corrected chi connectivity index (χ3v) is 0.983. The van der Waals surface area contributed by atoms with Gasteiger partial charge in [-0.05, 0) is 6.92 Å². The lowest BCUT2D eigenvalue weighted by atomic mass is 10.4. The van der Waals surface area contributed by atoms with Crippen LogP contribution in [0.2, 0.25) is 0 Å². The fraction of sp³-hybridized carbons (Fsp3) is 0.714. The van der Waals surface area contributed by atoms with Crippen molar-refractivity contribution in [3.63, 3.8) is 0 Å². The molecule has 0 aromatic heterocycles. The van der Waals surface area contributed by atoms with Crippen molar-refractivity contribution < 1.29 is 19.1 Å². The smallest absolute Gasteiger partial charge is 0.302 e. The first kappa shape index (κ1) is 10.1. The molecule has 0 rings (SSSR count). The van der Waals surface area contributed by atoms with E-state index in [0.717, 1.165) is 0 Å². The van der Waals surface area contributed by atoms with Crippen molar-refractivity contribution >= 4 is 12.3 Å². The van der Waals surface area contributed by atoms with E-state index < -0.39 is 12.1 Å². The molecule has 0 N–H and O–H groups in total. The van der Waals surface area contributed by atoms with E-state index in [4.69, 9.17) is 4.74 Å². The molecule has 0 saturated heterocycles. The Morgan fingerprint density at radius 1 is 1.64 bits per heavy atom. The molecule has 11 heavy (non-hydrogen) atoms. The molecule has 4 nitrogen and oxygen atoms in total. The lowest BCUT2D eigenvalue weighted by Gasteiger charge is -2.08. The van der Waals surface area contributed by atoms with Crippen LogP contribution >= 0.6 is 0 Å². The van der Waals surface area contributed by atoms with Gasteiger partial charge in [-0.15, -0.1) is 0 Å². The van der Waals surface area contributed by atoms with Gasteiger partial charge in [0, 0.05) is 13.5 Å². The van der Waals surface area contributed by atoms with Gasteiger partial charge in [-0.1, -0.05) is 0 Å². The average Bonchev–Trinajstić information content (AvgIpc) is 1.97. The van der Waals surface area contributed by atoms with Crippen LogP contribution in [0.4, 0.5) is 0 Å². The predicted octanol–water partition coefficient (Wildman–Crippen LogP) is 0.153. The molecule has 0 aliphatic rings. The highest BCUT2D eigenvalue weighted by Crippen LogP contribution is 1.89. The van der Waals surface area contributed by atoms with Crippen molar-refractivity contribution in [2.24, 2.45) is 0 Å². The Bertz CT molecular complexity index is 132. The number of rotatable bonds is 5. The van der Waals surface area contributed by atoms with E-state index in [1.54, 1.807) is 6.92 Å². The highest BCUT2D eigenvalue weighted by molar-refractivity contribution is 5.66. The van der Waals surface area contributed by atoms with Crippen LogP contribution in [0.3, 0.4) is 0 Å². The van der Waals surface area contributed by atoms with E-state index in [-0.39, 0.29) is 6.61 Å². The number of hydrogen-bond acceptors (Lipinski definition) is 4. The van der Waals surface area contributed by atoms with Crippen molar-refractivity contribution in [1.82, 2.24) is 0 Å². The van der Waals surface area contributed by atoms with E-state index in [2.05, 4.69) is 4.74 Å². The van der Waals surface area contributed by atoms with Crippen LogP contribution in [0, 0.1) is 0 Å². The molecule has 0 aliphatic heterocycles. The van der Waals surface area contributed by atoms with Gasteiger partial charge in [0.2, 0.25) is 0 Å². The minimum atomic E-state index is -0.621. The Labute approximate surface area is 65.5 Å². The van der Waals surface area contributed by atoms with E-state index in [1.807, 2.05) is 0 Å². The number of ether oxygens (including phenoxy) is 2. The predicted molar refractivity (Wildman–Crippen MR) is 38.1 cm³/mol. The summed E-state index contributed by atoms with van der Waals surface area (Å²) in [5.41, 5.74) is 0. The van der Waals surface area contributed by atoms with Gasteiger partial charge in [0.25, 0.3) is 0 Å². The molecule has 0 saturated carbocycles. The third-order valence-electron chi connectivity index (χ3n) is 0.983. The summed E-state index contributed by atoms with van der Waals surface area (Å²) in [6, 6.07) is 0. The maximum absolute atomic E-state index is 10.3. The summed E-state index contributed by atoms with van der Waals surface area (Å²) in [5.74, 6) is -0.406. The first-order valence-corrected chi connectivity index (χ1v) is 3.41. The highest BCUT2D eigenvalue weighted by atomic mass is 16.6. The average molecular weight is 160 g/mol. The maximum atomic E-state index is 10.3. The maximum Gasteiger partial charge on any atom is 0.302 e. The molecule has 1 atom stereocenters. The first-order valence-electron chi connectivity index (χ1n) is 3.41. The molecule has 0 aromatic carbocycles. The van der Waals surface area contributed by atoms with Crippen LogP contribution in [0.5, 0.6) is 0 Å². The third kappa shape index (κ3) is 5.54. The van der Waals surface area contributed by atoms with E-state index in [0.29, 0.717) is 12.9 Å². The summed E-state index contributed by atoms with van der Waals surface area (Å²) in [4.78, 5) is 20.5. The van der Waals surface area contributed by atoms with Crippen LogP contribution in [0.1, 0.15) is 13.8 Å². The van der Waals surface area contributed by atoms with Gasteiger partial charge < -0.3 is 14.3 Å². The van der Waals surface area contributed by atoms with Crippen LogP contribution < -0.4 is 0 Å². The summed E-state index contributed by atoms with van der Waals surface area (Å²) < 4.78 is 9.45. The van der Waals surface area contributed by atoms with Gasteiger partial charge in [-0.2, -0.15) is 0 Å². The summed E-state index contributed by atoms with van der Waals surface area (Å²) in [6.45, 7) is 3.50. The van der Waals surface area contributed by atoms with Crippen LogP contribution in [-0.2, 0) is 19.1 Å². The topological polar surface area (TPSA) is 52.6 Å². The molecular formula is C7H12O4. The molecule has 0 bridgehead atoms. The summed E-state index contributed by atoms with van der Waals surface area (Å²) >= 11 is 0. The minimum absolute atomic E-state index is 0.00662. The van der Waals surface area contributed by atoms with Crippen molar-refractivity contribution in [3.8, 4) is 0 Å². The van der Waals surface area contributed by atoms with Crippen LogP contribution in [-0.4, -0.2) is 31.6 Å². The van der Waals surface area contributed by atoms with Gasteiger partial charge in [0.15, 0.2) is 6.29 Å². The summed E-state index contributed by atoms with van der Waals surface area (Å²) in [5, 5.41) is 0. The molecular weight excluding hydrogens is 148 g/mol. The molecule has 0 aliphatic carbocycles. The minimum Gasteiger partial charge on any atom is -0.463 e.